The molecule has 7 nitrogen and oxygen atoms in total. The fraction of sp³-hybridized carbons (Fsp3) is 0.500. The van der Waals surface area contributed by atoms with Gasteiger partial charge in [-0.15, -0.1) is 10.2 Å². The summed E-state index contributed by atoms with van der Waals surface area (Å²) in [5.41, 5.74) is 5.29. The lowest BCUT2D eigenvalue weighted by molar-refractivity contribution is -0.129. The largest absolute Gasteiger partial charge is 0.364 e. The maximum absolute atomic E-state index is 11.6. The van der Waals surface area contributed by atoms with Gasteiger partial charge in [0.1, 0.15) is 0 Å². The summed E-state index contributed by atoms with van der Waals surface area (Å²) < 4.78 is 0. The van der Waals surface area contributed by atoms with Crippen molar-refractivity contribution in [2.24, 2.45) is 5.73 Å². The molecular weight excluding hydrogens is 246 g/mol. The molecule has 0 spiro atoms. The van der Waals surface area contributed by atoms with Gasteiger partial charge in [-0.1, -0.05) is 0 Å². The summed E-state index contributed by atoms with van der Waals surface area (Å²) in [4.78, 5) is 26.6. The summed E-state index contributed by atoms with van der Waals surface area (Å²) in [7, 11) is 0. The third-order valence-corrected chi connectivity index (χ3v) is 3.72. The summed E-state index contributed by atoms with van der Waals surface area (Å²) in [5.74, 6) is 0.397. The minimum absolute atomic E-state index is 0.165. The van der Waals surface area contributed by atoms with Crippen molar-refractivity contribution in [2.75, 3.05) is 24.5 Å². The molecule has 1 atom stereocenters. The Bertz CT molecular complexity index is 515. The van der Waals surface area contributed by atoms with E-state index < -0.39 is 5.91 Å². The van der Waals surface area contributed by atoms with Crippen LogP contribution in [0.25, 0.3) is 0 Å². The third-order valence-electron chi connectivity index (χ3n) is 3.72. The lowest BCUT2D eigenvalue weighted by Crippen LogP contribution is -2.51. The van der Waals surface area contributed by atoms with Gasteiger partial charge in [0.25, 0.3) is 5.91 Å². The van der Waals surface area contributed by atoms with Crippen molar-refractivity contribution in [1.82, 2.24) is 15.1 Å². The number of fused-ring (bicyclic) bond motifs is 1. The first-order chi connectivity index (χ1) is 9.15. The Morgan fingerprint density at radius 1 is 1.32 bits per heavy atom. The molecule has 2 fully saturated rings. The average Bonchev–Trinajstić information content (AvgIpc) is 2.80. The fourth-order valence-corrected chi connectivity index (χ4v) is 2.70. The molecule has 2 aliphatic rings. The summed E-state index contributed by atoms with van der Waals surface area (Å²) in [6.07, 6.45) is 1.55. The molecule has 0 bridgehead atoms. The standard InChI is InChI=1S/C12H15N5O2/c13-12(19)9-2-3-10(15-14-9)16-5-6-17-8(7-16)1-4-11(17)18/h2-3,8H,1,4-7H2,(H2,13,19). The Morgan fingerprint density at radius 3 is 2.84 bits per heavy atom. The normalized spacial score (nSPS) is 22.5. The van der Waals surface area contributed by atoms with Crippen LogP contribution in [0, 0.1) is 0 Å². The molecule has 3 heterocycles. The van der Waals surface area contributed by atoms with Gasteiger partial charge >= 0.3 is 0 Å². The number of amides is 2. The fourth-order valence-electron chi connectivity index (χ4n) is 2.70. The third kappa shape index (κ3) is 2.11. The van der Waals surface area contributed by atoms with Gasteiger partial charge in [-0.05, 0) is 18.6 Å². The molecule has 0 saturated carbocycles. The van der Waals surface area contributed by atoms with Crippen molar-refractivity contribution in [3.8, 4) is 0 Å². The van der Waals surface area contributed by atoms with Crippen LogP contribution in [-0.2, 0) is 4.79 Å². The number of hydrogen-bond acceptors (Lipinski definition) is 5. The molecule has 19 heavy (non-hydrogen) atoms. The first-order valence-corrected chi connectivity index (χ1v) is 6.33. The van der Waals surface area contributed by atoms with Crippen LogP contribution >= 0.6 is 0 Å². The van der Waals surface area contributed by atoms with Crippen LogP contribution in [0.3, 0.4) is 0 Å². The van der Waals surface area contributed by atoms with Gasteiger partial charge in [0.2, 0.25) is 5.91 Å². The van der Waals surface area contributed by atoms with Crippen molar-refractivity contribution < 1.29 is 9.59 Å². The van der Waals surface area contributed by atoms with Crippen molar-refractivity contribution in [1.29, 1.82) is 0 Å². The van der Waals surface area contributed by atoms with Gasteiger partial charge < -0.3 is 15.5 Å². The number of piperazine rings is 1. The molecule has 0 radical (unpaired) electrons. The van der Waals surface area contributed by atoms with E-state index >= 15 is 0 Å². The lowest BCUT2D eigenvalue weighted by Gasteiger charge is -2.37. The van der Waals surface area contributed by atoms with Gasteiger partial charge in [0.15, 0.2) is 11.5 Å². The minimum Gasteiger partial charge on any atom is -0.364 e. The second-order valence-electron chi connectivity index (χ2n) is 4.87. The van der Waals surface area contributed by atoms with Crippen LogP contribution < -0.4 is 10.6 Å². The first kappa shape index (κ1) is 11.9. The molecule has 0 aliphatic carbocycles. The molecule has 2 aliphatic heterocycles. The summed E-state index contributed by atoms with van der Waals surface area (Å²) in [6.45, 7) is 2.24. The first-order valence-electron chi connectivity index (χ1n) is 6.33. The molecule has 7 heteroatoms. The van der Waals surface area contributed by atoms with Crippen molar-refractivity contribution >= 4 is 17.6 Å². The molecule has 0 aromatic carbocycles. The highest BCUT2D eigenvalue weighted by Gasteiger charge is 2.35. The number of aromatic nitrogens is 2. The van der Waals surface area contributed by atoms with Crippen molar-refractivity contribution in [3.63, 3.8) is 0 Å². The summed E-state index contributed by atoms with van der Waals surface area (Å²) in [5, 5.41) is 7.84. The molecule has 100 valence electrons. The summed E-state index contributed by atoms with van der Waals surface area (Å²) in [6, 6.07) is 3.61. The van der Waals surface area contributed by atoms with E-state index in [0.29, 0.717) is 6.42 Å². The molecule has 2 N–H and O–H groups in total. The Balaban J connectivity index is 1.73. The molecule has 1 aromatic heterocycles. The highest BCUT2D eigenvalue weighted by Crippen LogP contribution is 2.25. The van der Waals surface area contributed by atoms with E-state index in [4.69, 9.17) is 5.73 Å². The Morgan fingerprint density at radius 2 is 2.16 bits per heavy atom. The number of nitrogens with zero attached hydrogens (tertiary/aromatic N) is 4. The van der Waals surface area contributed by atoms with E-state index in [9.17, 15) is 9.59 Å². The van der Waals surface area contributed by atoms with Gasteiger partial charge in [-0.2, -0.15) is 0 Å². The average molecular weight is 261 g/mol. The number of carbonyl (C=O) groups excluding carboxylic acids is 2. The van der Waals surface area contributed by atoms with Gasteiger partial charge in [-0.3, -0.25) is 9.59 Å². The van der Waals surface area contributed by atoms with Crippen LogP contribution in [0.15, 0.2) is 12.1 Å². The quantitative estimate of drug-likeness (QED) is 0.766. The number of primary amides is 1. The van der Waals surface area contributed by atoms with Crippen LogP contribution in [0.2, 0.25) is 0 Å². The number of carbonyl (C=O) groups is 2. The minimum atomic E-state index is -0.578. The van der Waals surface area contributed by atoms with Crippen LogP contribution in [0.4, 0.5) is 5.82 Å². The highest BCUT2D eigenvalue weighted by molar-refractivity contribution is 5.90. The van der Waals surface area contributed by atoms with Crippen LogP contribution in [0.1, 0.15) is 23.3 Å². The number of nitrogens with two attached hydrogens (primary N) is 1. The molecular formula is C12H15N5O2. The summed E-state index contributed by atoms with van der Waals surface area (Å²) >= 11 is 0. The smallest absolute Gasteiger partial charge is 0.269 e. The maximum atomic E-state index is 11.6. The number of hydrogen-bond donors (Lipinski definition) is 1. The second-order valence-corrected chi connectivity index (χ2v) is 4.87. The molecule has 1 aromatic rings. The number of anilines is 1. The monoisotopic (exact) mass is 261 g/mol. The van der Waals surface area contributed by atoms with E-state index in [2.05, 4.69) is 15.1 Å². The molecule has 1 unspecified atom stereocenters. The number of rotatable bonds is 2. The van der Waals surface area contributed by atoms with E-state index in [1.54, 1.807) is 12.1 Å². The molecule has 3 rings (SSSR count). The zero-order valence-corrected chi connectivity index (χ0v) is 10.5. The predicted octanol–water partition coefficient (Wildman–Crippen LogP) is -0.614. The Labute approximate surface area is 110 Å². The Kier molecular flexibility index (Phi) is 2.81. The zero-order valence-electron chi connectivity index (χ0n) is 10.5. The van der Waals surface area contributed by atoms with E-state index in [1.165, 1.54) is 0 Å². The molecule has 2 saturated heterocycles. The van der Waals surface area contributed by atoms with Gasteiger partial charge in [-0.25, -0.2) is 0 Å². The lowest BCUT2D eigenvalue weighted by atomic mass is 10.1. The van der Waals surface area contributed by atoms with Gasteiger partial charge in [0, 0.05) is 32.1 Å². The van der Waals surface area contributed by atoms with Crippen LogP contribution in [-0.4, -0.2) is 52.6 Å². The molecule has 2 amide bonds. The Hall–Kier alpha value is -2.18. The van der Waals surface area contributed by atoms with Gasteiger partial charge in [0.05, 0.1) is 0 Å². The van der Waals surface area contributed by atoms with Crippen molar-refractivity contribution in [2.45, 2.75) is 18.9 Å². The van der Waals surface area contributed by atoms with E-state index in [1.807, 2.05) is 4.90 Å². The van der Waals surface area contributed by atoms with E-state index in [0.717, 1.165) is 31.9 Å². The zero-order chi connectivity index (χ0) is 13.4. The van der Waals surface area contributed by atoms with Crippen LogP contribution in [0.5, 0.6) is 0 Å². The highest BCUT2D eigenvalue weighted by atomic mass is 16.2. The van der Waals surface area contributed by atoms with E-state index in [-0.39, 0.29) is 17.6 Å². The topological polar surface area (TPSA) is 92.4 Å². The SMILES string of the molecule is NC(=O)c1ccc(N2CCN3C(=O)CCC3C2)nn1. The second kappa shape index (κ2) is 4.49. The van der Waals surface area contributed by atoms with Crippen molar-refractivity contribution in [3.05, 3.63) is 17.8 Å². The predicted molar refractivity (Wildman–Crippen MR) is 67.5 cm³/mol. The maximum Gasteiger partial charge on any atom is 0.269 e.